The molecule has 5 heteroatoms. The molecule has 0 bridgehead atoms. The third-order valence-corrected chi connectivity index (χ3v) is 5.54. The van der Waals surface area contributed by atoms with Gasteiger partial charge in [0.1, 0.15) is 11.8 Å². The van der Waals surface area contributed by atoms with Crippen LogP contribution in [0, 0.1) is 17.2 Å². The van der Waals surface area contributed by atoms with E-state index in [4.69, 9.17) is 19.7 Å². The molecule has 0 unspecified atom stereocenters. The molecule has 0 aliphatic heterocycles. The van der Waals surface area contributed by atoms with Crippen molar-refractivity contribution in [3.63, 3.8) is 0 Å². The maximum absolute atomic E-state index is 13.1. The van der Waals surface area contributed by atoms with Gasteiger partial charge >= 0.3 is 5.97 Å². The third kappa shape index (κ3) is 4.15. The fraction of sp³-hybridized carbons (Fsp3) is 0.269. The Kier molecular flexibility index (Phi) is 5.73. The Balaban J connectivity index is 1.90. The molecule has 2 atom stereocenters. The van der Waals surface area contributed by atoms with E-state index in [9.17, 15) is 4.79 Å². The first-order valence-electron chi connectivity index (χ1n) is 10.4. The van der Waals surface area contributed by atoms with Crippen LogP contribution in [0.25, 0.3) is 22.6 Å². The third-order valence-electron chi connectivity index (χ3n) is 5.54. The zero-order valence-electron chi connectivity index (χ0n) is 17.9. The molecule has 0 radical (unpaired) electrons. The number of benzene rings is 2. The summed E-state index contributed by atoms with van der Waals surface area (Å²) in [6, 6.07) is 17.4. The first-order chi connectivity index (χ1) is 15.0. The van der Waals surface area contributed by atoms with Crippen LogP contribution in [0.1, 0.15) is 47.4 Å². The number of hydrogen-bond acceptors (Lipinski definition) is 5. The predicted molar refractivity (Wildman–Crippen MR) is 121 cm³/mol. The molecule has 0 amide bonds. The van der Waals surface area contributed by atoms with E-state index in [0.29, 0.717) is 11.5 Å². The van der Waals surface area contributed by atoms with E-state index in [2.05, 4.69) is 13.0 Å². The van der Waals surface area contributed by atoms with Gasteiger partial charge in [-0.3, -0.25) is 0 Å². The standard InChI is InChI=1S/C26H24N2O3/c1-16-12-19(14-18-8-10-20(30-3)11-9-18)25-22(13-16)24(26(29)31-17(2)15-27)21-6-4-5-7-23(21)28-25/h4-11,14,16-17H,12-13H2,1-3H3/b19-14+/t16-,17+/m1/s1. The van der Waals surface area contributed by atoms with Gasteiger partial charge in [0.15, 0.2) is 6.10 Å². The summed E-state index contributed by atoms with van der Waals surface area (Å²) in [6.07, 6.45) is 2.92. The normalized spacial score (nSPS) is 17.6. The number of allylic oxidation sites excluding steroid dienone is 1. The highest BCUT2D eigenvalue weighted by atomic mass is 16.5. The van der Waals surface area contributed by atoms with Gasteiger partial charge in [0.25, 0.3) is 0 Å². The predicted octanol–water partition coefficient (Wildman–Crippen LogP) is 5.44. The molecule has 0 spiro atoms. The Labute approximate surface area is 181 Å². The van der Waals surface area contributed by atoms with Crippen LogP contribution >= 0.6 is 0 Å². The van der Waals surface area contributed by atoms with Crippen molar-refractivity contribution in [1.82, 2.24) is 4.98 Å². The minimum absolute atomic E-state index is 0.347. The van der Waals surface area contributed by atoms with Crippen LogP contribution in [0.5, 0.6) is 5.75 Å². The summed E-state index contributed by atoms with van der Waals surface area (Å²) in [5.41, 5.74) is 5.14. The number of nitrogens with zero attached hydrogens (tertiary/aromatic N) is 2. The van der Waals surface area contributed by atoms with Crippen LogP contribution in [0.2, 0.25) is 0 Å². The second-order valence-electron chi connectivity index (χ2n) is 7.96. The van der Waals surface area contributed by atoms with E-state index in [1.54, 1.807) is 14.0 Å². The molecule has 1 aromatic heterocycles. The summed E-state index contributed by atoms with van der Waals surface area (Å²) in [5, 5.41) is 9.87. The van der Waals surface area contributed by atoms with E-state index in [1.807, 2.05) is 54.6 Å². The highest BCUT2D eigenvalue weighted by molar-refractivity contribution is 6.06. The van der Waals surface area contributed by atoms with E-state index in [1.165, 1.54) is 0 Å². The number of nitriles is 1. The number of para-hydroxylation sites is 1. The number of hydrogen-bond donors (Lipinski definition) is 0. The van der Waals surface area contributed by atoms with Gasteiger partial charge < -0.3 is 9.47 Å². The van der Waals surface area contributed by atoms with Crippen molar-refractivity contribution in [2.45, 2.75) is 32.8 Å². The average molecular weight is 412 g/mol. The lowest BCUT2D eigenvalue weighted by atomic mass is 9.80. The summed E-state index contributed by atoms with van der Waals surface area (Å²) >= 11 is 0. The van der Waals surface area contributed by atoms with Gasteiger partial charge in [-0.25, -0.2) is 9.78 Å². The van der Waals surface area contributed by atoms with Crippen LogP contribution in [0.3, 0.4) is 0 Å². The molecule has 1 heterocycles. The van der Waals surface area contributed by atoms with Gasteiger partial charge in [0.2, 0.25) is 0 Å². The van der Waals surface area contributed by atoms with Gasteiger partial charge in [0, 0.05) is 5.39 Å². The zero-order valence-corrected chi connectivity index (χ0v) is 17.9. The molecule has 4 rings (SSSR count). The van der Waals surface area contributed by atoms with Gasteiger partial charge in [-0.15, -0.1) is 0 Å². The van der Waals surface area contributed by atoms with Crippen molar-refractivity contribution in [1.29, 1.82) is 5.26 Å². The van der Waals surface area contributed by atoms with Crippen molar-refractivity contribution in [2.24, 2.45) is 5.92 Å². The lowest BCUT2D eigenvalue weighted by Gasteiger charge is -2.26. The van der Waals surface area contributed by atoms with Crippen molar-refractivity contribution in [3.05, 3.63) is 70.9 Å². The van der Waals surface area contributed by atoms with Gasteiger partial charge in [-0.1, -0.05) is 37.3 Å². The van der Waals surface area contributed by atoms with E-state index in [-0.39, 0.29) is 0 Å². The summed E-state index contributed by atoms with van der Waals surface area (Å²) in [4.78, 5) is 18.0. The molecule has 0 N–H and O–H groups in total. The summed E-state index contributed by atoms with van der Waals surface area (Å²) in [7, 11) is 1.65. The minimum atomic E-state index is -0.814. The number of ether oxygens (including phenoxy) is 2. The lowest BCUT2D eigenvalue weighted by Crippen LogP contribution is -2.21. The Hall–Kier alpha value is -3.65. The second-order valence-corrected chi connectivity index (χ2v) is 7.96. The maximum atomic E-state index is 13.1. The molecule has 0 saturated heterocycles. The van der Waals surface area contributed by atoms with Crippen molar-refractivity contribution >= 4 is 28.5 Å². The molecule has 1 aliphatic carbocycles. The molecule has 3 aromatic rings. The van der Waals surface area contributed by atoms with Crippen LogP contribution in [-0.2, 0) is 11.2 Å². The molecule has 0 fully saturated rings. The number of rotatable bonds is 4. The first kappa shape index (κ1) is 20.6. The van der Waals surface area contributed by atoms with E-state index in [0.717, 1.165) is 51.9 Å². The zero-order chi connectivity index (χ0) is 22.0. The minimum Gasteiger partial charge on any atom is -0.497 e. The summed E-state index contributed by atoms with van der Waals surface area (Å²) < 4.78 is 10.7. The van der Waals surface area contributed by atoms with E-state index < -0.39 is 12.1 Å². The van der Waals surface area contributed by atoms with Crippen molar-refractivity contribution in [2.75, 3.05) is 7.11 Å². The molecule has 0 saturated carbocycles. The van der Waals surface area contributed by atoms with Gasteiger partial charge in [0.05, 0.1) is 23.9 Å². The van der Waals surface area contributed by atoms with Crippen LogP contribution in [0.4, 0.5) is 0 Å². The fourth-order valence-electron chi connectivity index (χ4n) is 4.12. The van der Waals surface area contributed by atoms with Crippen LogP contribution in [-0.4, -0.2) is 24.2 Å². The van der Waals surface area contributed by atoms with Crippen molar-refractivity contribution < 1.29 is 14.3 Å². The number of pyridine rings is 1. The quantitative estimate of drug-likeness (QED) is 0.534. The lowest BCUT2D eigenvalue weighted by molar-refractivity contribution is 0.0436. The highest BCUT2D eigenvalue weighted by Crippen LogP contribution is 2.39. The fourth-order valence-corrected chi connectivity index (χ4v) is 4.12. The monoisotopic (exact) mass is 412 g/mol. The SMILES string of the molecule is COc1ccc(/C=C2\C[C@@H](C)Cc3c2nc2ccccc2c3C(=O)O[C@@H](C)C#N)cc1. The number of aromatic nitrogens is 1. The van der Waals surface area contributed by atoms with Crippen molar-refractivity contribution in [3.8, 4) is 11.8 Å². The second kappa shape index (κ2) is 8.61. The Morgan fingerprint density at radius 3 is 2.65 bits per heavy atom. The number of carbonyl (C=O) groups is 1. The number of carbonyl (C=O) groups excluding carboxylic acids is 1. The van der Waals surface area contributed by atoms with Crippen LogP contribution in [0.15, 0.2) is 48.5 Å². The molecule has 1 aliphatic rings. The molecular weight excluding hydrogens is 388 g/mol. The number of esters is 1. The average Bonchev–Trinajstić information content (AvgIpc) is 2.78. The smallest absolute Gasteiger partial charge is 0.340 e. The molecule has 5 nitrogen and oxygen atoms in total. The summed E-state index contributed by atoms with van der Waals surface area (Å²) in [6.45, 7) is 3.75. The largest absolute Gasteiger partial charge is 0.497 e. The summed E-state index contributed by atoms with van der Waals surface area (Å²) in [5.74, 6) is 0.682. The van der Waals surface area contributed by atoms with E-state index >= 15 is 0 Å². The van der Waals surface area contributed by atoms with Gasteiger partial charge in [-0.2, -0.15) is 5.26 Å². The van der Waals surface area contributed by atoms with Crippen LogP contribution < -0.4 is 4.74 Å². The topological polar surface area (TPSA) is 72.2 Å². The Bertz CT molecular complexity index is 1210. The molecular formula is C26H24N2O3. The molecule has 156 valence electrons. The Morgan fingerprint density at radius 1 is 1.19 bits per heavy atom. The maximum Gasteiger partial charge on any atom is 0.340 e. The first-order valence-corrected chi connectivity index (χ1v) is 10.4. The highest BCUT2D eigenvalue weighted by Gasteiger charge is 2.29. The number of methoxy groups -OCH3 is 1. The molecule has 31 heavy (non-hydrogen) atoms. The number of fused-ring (bicyclic) bond motifs is 2. The van der Waals surface area contributed by atoms with Gasteiger partial charge in [-0.05, 0) is 66.7 Å². The Morgan fingerprint density at radius 2 is 1.94 bits per heavy atom. The molecule has 2 aromatic carbocycles.